The minimum absolute atomic E-state index is 0.0347. The zero-order chi connectivity index (χ0) is 25.1. The molecule has 0 atom stereocenters. The second kappa shape index (κ2) is 10.5. The number of amides is 1. The maximum absolute atomic E-state index is 13.7. The number of nitrogens with one attached hydrogen (secondary N) is 1. The van der Waals surface area contributed by atoms with Gasteiger partial charge < -0.3 is 9.84 Å². The van der Waals surface area contributed by atoms with Crippen molar-refractivity contribution in [3.05, 3.63) is 74.9 Å². The smallest absolute Gasteiger partial charge is 0.267 e. The number of aryl methyl sites for hydroxylation is 2. The summed E-state index contributed by atoms with van der Waals surface area (Å²) in [6, 6.07) is 13.8. The van der Waals surface area contributed by atoms with Gasteiger partial charge in [-0.3, -0.25) is 14.2 Å². The number of carbonyl (C=O) groups excluding carboxylic acids is 1. The van der Waals surface area contributed by atoms with Gasteiger partial charge in [-0.15, -0.1) is 11.3 Å². The quantitative estimate of drug-likeness (QED) is 0.155. The van der Waals surface area contributed by atoms with Gasteiger partial charge in [0, 0.05) is 4.88 Å². The largest absolute Gasteiger partial charge is 0.508 e. The summed E-state index contributed by atoms with van der Waals surface area (Å²) in [5.74, 6) is 0.593. The van der Waals surface area contributed by atoms with Crippen molar-refractivity contribution in [1.29, 1.82) is 0 Å². The molecule has 2 heterocycles. The van der Waals surface area contributed by atoms with E-state index in [9.17, 15) is 14.7 Å². The number of phenols is 1. The van der Waals surface area contributed by atoms with Gasteiger partial charge in [0.05, 0.1) is 29.6 Å². The van der Waals surface area contributed by atoms with Gasteiger partial charge in [-0.05, 0) is 85.8 Å². The van der Waals surface area contributed by atoms with E-state index in [1.807, 2.05) is 31.2 Å². The lowest BCUT2D eigenvalue weighted by Crippen LogP contribution is -2.24. The Morgan fingerprint density at radius 1 is 1.22 bits per heavy atom. The fourth-order valence-electron chi connectivity index (χ4n) is 4.11. The van der Waals surface area contributed by atoms with Gasteiger partial charge in [0.2, 0.25) is 0 Å². The van der Waals surface area contributed by atoms with E-state index < -0.39 is 0 Å². The van der Waals surface area contributed by atoms with E-state index in [-0.39, 0.29) is 23.0 Å². The monoisotopic (exact) mass is 520 g/mol. The van der Waals surface area contributed by atoms with E-state index in [1.165, 1.54) is 22.9 Å². The first kappa shape index (κ1) is 24.1. The van der Waals surface area contributed by atoms with Gasteiger partial charge in [0.1, 0.15) is 16.3 Å². The van der Waals surface area contributed by atoms with Crippen molar-refractivity contribution in [2.24, 2.45) is 5.10 Å². The normalized spacial score (nSPS) is 12.8. The van der Waals surface area contributed by atoms with Crippen LogP contribution in [0.4, 0.5) is 0 Å². The number of fused-ring (bicyclic) bond motifs is 3. The highest BCUT2D eigenvalue weighted by Gasteiger charge is 2.24. The first-order chi connectivity index (χ1) is 17.5. The maximum atomic E-state index is 13.7. The van der Waals surface area contributed by atoms with E-state index >= 15 is 0 Å². The molecule has 2 N–H and O–H groups in total. The number of hydrazone groups is 1. The molecule has 8 nitrogen and oxygen atoms in total. The van der Waals surface area contributed by atoms with Crippen molar-refractivity contribution < 1.29 is 14.6 Å². The molecule has 2 aromatic heterocycles. The molecule has 10 heteroatoms. The molecule has 0 saturated carbocycles. The first-order valence-electron chi connectivity index (χ1n) is 11.6. The topological polar surface area (TPSA) is 106 Å². The Morgan fingerprint density at radius 2 is 2.00 bits per heavy atom. The molecule has 0 spiro atoms. The summed E-state index contributed by atoms with van der Waals surface area (Å²) in [6.07, 6.45) is 4.42. The van der Waals surface area contributed by atoms with Crippen LogP contribution in [0.2, 0.25) is 0 Å². The SMILES string of the molecule is CCOc1ccc(-n2c(SCC(=O)N/N=C/c3ccc(O)cc3)nc3sc4c(c3c2=O)CCC4)cc1. The second-order valence-electron chi connectivity index (χ2n) is 8.17. The molecule has 0 aliphatic heterocycles. The number of carbonyl (C=O) groups is 1. The van der Waals surface area contributed by atoms with Crippen LogP contribution in [0.1, 0.15) is 29.3 Å². The van der Waals surface area contributed by atoms with Gasteiger partial charge in [0.15, 0.2) is 5.16 Å². The molecule has 0 unspecified atom stereocenters. The number of benzene rings is 2. The van der Waals surface area contributed by atoms with Crippen LogP contribution in [0, 0.1) is 0 Å². The number of hydrogen-bond donors (Lipinski definition) is 2. The Labute approximate surface area is 215 Å². The number of aromatic hydroxyl groups is 1. The molecule has 36 heavy (non-hydrogen) atoms. The third-order valence-electron chi connectivity index (χ3n) is 5.74. The Hall–Kier alpha value is -3.63. The van der Waals surface area contributed by atoms with Gasteiger partial charge in [-0.25, -0.2) is 10.4 Å². The Kier molecular flexibility index (Phi) is 7.06. The van der Waals surface area contributed by atoms with Crippen LogP contribution in [-0.2, 0) is 17.6 Å². The van der Waals surface area contributed by atoms with Crippen LogP contribution in [0.15, 0.2) is 63.6 Å². The van der Waals surface area contributed by atoms with Gasteiger partial charge in [-0.2, -0.15) is 5.10 Å². The minimum atomic E-state index is -0.323. The standard InChI is InChI=1S/C26H24N4O4S2/c1-2-34-19-12-8-17(9-13-19)30-25(33)23-20-4-3-5-21(20)36-24(23)28-26(30)35-15-22(32)29-27-14-16-6-10-18(31)11-7-16/h6-14,31H,2-5,15H2,1H3,(H,29,32)/b27-14+. The van der Waals surface area contributed by atoms with Crippen LogP contribution in [0.5, 0.6) is 11.5 Å². The number of rotatable bonds is 8. The van der Waals surface area contributed by atoms with Crippen molar-refractivity contribution >= 4 is 45.4 Å². The summed E-state index contributed by atoms with van der Waals surface area (Å²) in [6.45, 7) is 2.47. The Morgan fingerprint density at radius 3 is 2.75 bits per heavy atom. The molecule has 184 valence electrons. The first-order valence-corrected chi connectivity index (χ1v) is 13.4. The third kappa shape index (κ3) is 5.00. The number of hydrogen-bond acceptors (Lipinski definition) is 8. The maximum Gasteiger partial charge on any atom is 0.267 e. The molecule has 2 aromatic carbocycles. The fraction of sp³-hybridized carbons (Fsp3) is 0.231. The number of nitrogens with zero attached hydrogens (tertiary/aromatic N) is 3. The van der Waals surface area contributed by atoms with Crippen LogP contribution in [0.25, 0.3) is 15.9 Å². The van der Waals surface area contributed by atoms with E-state index in [2.05, 4.69) is 10.5 Å². The van der Waals surface area contributed by atoms with E-state index in [0.717, 1.165) is 41.0 Å². The number of ether oxygens (including phenoxy) is 1. The average molecular weight is 521 g/mol. The minimum Gasteiger partial charge on any atom is -0.508 e. The summed E-state index contributed by atoms with van der Waals surface area (Å²) in [5, 5.41) is 14.5. The molecule has 1 aliphatic carbocycles. The van der Waals surface area contributed by atoms with Crippen molar-refractivity contribution in [2.75, 3.05) is 12.4 Å². The van der Waals surface area contributed by atoms with Crippen molar-refractivity contribution in [3.63, 3.8) is 0 Å². The van der Waals surface area contributed by atoms with E-state index in [0.29, 0.717) is 22.8 Å². The lowest BCUT2D eigenvalue weighted by Gasteiger charge is -2.13. The predicted octanol–water partition coefficient (Wildman–Crippen LogP) is 4.28. The van der Waals surface area contributed by atoms with Crippen LogP contribution in [0.3, 0.4) is 0 Å². The molecular formula is C26H24N4O4S2. The molecule has 0 bridgehead atoms. The highest BCUT2D eigenvalue weighted by atomic mass is 32.2. The number of phenolic OH excluding ortho intramolecular Hbond substituents is 1. The van der Waals surface area contributed by atoms with E-state index in [1.54, 1.807) is 40.2 Å². The molecule has 1 amide bonds. The van der Waals surface area contributed by atoms with E-state index in [4.69, 9.17) is 9.72 Å². The molecule has 0 radical (unpaired) electrons. The predicted molar refractivity (Wildman–Crippen MR) is 143 cm³/mol. The number of thioether (sulfide) groups is 1. The molecule has 5 rings (SSSR count). The summed E-state index contributed by atoms with van der Waals surface area (Å²) >= 11 is 2.77. The van der Waals surface area contributed by atoms with Crippen molar-refractivity contribution in [3.8, 4) is 17.2 Å². The summed E-state index contributed by atoms with van der Waals surface area (Å²) in [4.78, 5) is 33.0. The molecule has 0 saturated heterocycles. The third-order valence-corrected chi connectivity index (χ3v) is 7.87. The highest BCUT2D eigenvalue weighted by Crippen LogP contribution is 2.36. The average Bonchev–Trinajstić information content (AvgIpc) is 3.46. The molecule has 4 aromatic rings. The Bertz CT molecular complexity index is 1490. The summed E-state index contributed by atoms with van der Waals surface area (Å²) < 4.78 is 7.13. The van der Waals surface area contributed by atoms with Crippen molar-refractivity contribution in [2.45, 2.75) is 31.3 Å². The summed E-state index contributed by atoms with van der Waals surface area (Å²) in [7, 11) is 0. The van der Waals surface area contributed by atoms with Gasteiger partial charge in [0.25, 0.3) is 11.5 Å². The van der Waals surface area contributed by atoms with Crippen molar-refractivity contribution in [1.82, 2.24) is 15.0 Å². The molecular weight excluding hydrogens is 496 g/mol. The fourth-order valence-corrected chi connectivity index (χ4v) is 6.22. The van der Waals surface area contributed by atoms with Crippen LogP contribution < -0.4 is 15.7 Å². The number of thiophene rings is 1. The summed E-state index contributed by atoms with van der Waals surface area (Å²) in [5.41, 5.74) is 4.91. The second-order valence-corrected chi connectivity index (χ2v) is 10.2. The number of aromatic nitrogens is 2. The lowest BCUT2D eigenvalue weighted by atomic mass is 10.2. The molecule has 0 fully saturated rings. The zero-order valence-electron chi connectivity index (χ0n) is 19.6. The zero-order valence-corrected chi connectivity index (χ0v) is 21.2. The van der Waals surface area contributed by atoms with Gasteiger partial charge in [-0.1, -0.05) is 11.8 Å². The highest BCUT2D eigenvalue weighted by molar-refractivity contribution is 7.99. The molecule has 1 aliphatic rings. The van der Waals surface area contributed by atoms with Gasteiger partial charge >= 0.3 is 0 Å². The van der Waals surface area contributed by atoms with Crippen LogP contribution in [-0.4, -0.2) is 39.1 Å². The lowest BCUT2D eigenvalue weighted by molar-refractivity contribution is -0.118. The van der Waals surface area contributed by atoms with Crippen LogP contribution >= 0.6 is 23.1 Å². The Balaban J connectivity index is 1.41.